The van der Waals surface area contributed by atoms with Crippen LogP contribution < -0.4 is 4.90 Å². The van der Waals surface area contributed by atoms with E-state index in [1.165, 1.54) is 12.1 Å². The fourth-order valence-electron chi connectivity index (χ4n) is 3.37. The van der Waals surface area contributed by atoms with E-state index >= 15 is 0 Å². The smallest absolute Gasteiger partial charge is 0.292 e. The highest BCUT2D eigenvalue weighted by atomic mass is 16.6. The molecule has 2 heterocycles. The SMILES string of the molecule is O=C(/C=C/c1cnc2ccccc2n1)N1CCN(c2ccccc2[N+](=O)[O-])CC1. The molecular formula is C21H19N5O3. The minimum absolute atomic E-state index is 0.0852. The van der Waals surface area contributed by atoms with Crippen LogP contribution >= 0.6 is 0 Å². The topological polar surface area (TPSA) is 92.5 Å². The maximum atomic E-state index is 12.5. The van der Waals surface area contributed by atoms with Gasteiger partial charge in [0.1, 0.15) is 5.69 Å². The summed E-state index contributed by atoms with van der Waals surface area (Å²) in [5.41, 5.74) is 2.88. The van der Waals surface area contributed by atoms with Crippen molar-refractivity contribution in [3.8, 4) is 0 Å². The second kappa shape index (κ2) is 8.05. The maximum Gasteiger partial charge on any atom is 0.292 e. The summed E-state index contributed by atoms with van der Waals surface area (Å²) < 4.78 is 0. The third kappa shape index (κ3) is 4.06. The first-order valence-corrected chi connectivity index (χ1v) is 9.29. The molecule has 1 aliphatic rings. The molecule has 8 heteroatoms. The second-order valence-electron chi connectivity index (χ2n) is 6.68. The van der Waals surface area contributed by atoms with Gasteiger partial charge in [-0.25, -0.2) is 4.98 Å². The summed E-state index contributed by atoms with van der Waals surface area (Å²) >= 11 is 0. The first-order chi connectivity index (χ1) is 14.1. The number of nitro benzene ring substituents is 1. The summed E-state index contributed by atoms with van der Waals surface area (Å²) in [6.45, 7) is 2.08. The fraction of sp³-hybridized carbons (Fsp3) is 0.190. The van der Waals surface area contributed by atoms with Crippen molar-refractivity contribution in [2.24, 2.45) is 0 Å². The number of para-hydroxylation sites is 4. The summed E-state index contributed by atoms with van der Waals surface area (Å²) in [5, 5.41) is 11.2. The molecule has 0 N–H and O–H groups in total. The van der Waals surface area contributed by atoms with Crippen LogP contribution in [0.3, 0.4) is 0 Å². The predicted octanol–water partition coefficient (Wildman–Crippen LogP) is 2.90. The number of hydrogen-bond acceptors (Lipinski definition) is 6. The summed E-state index contributed by atoms with van der Waals surface area (Å²) in [4.78, 5) is 35.9. The number of nitrogens with zero attached hydrogens (tertiary/aromatic N) is 5. The van der Waals surface area contributed by atoms with Gasteiger partial charge in [0.15, 0.2) is 0 Å². The summed E-state index contributed by atoms with van der Waals surface area (Å²) in [5.74, 6) is -0.109. The largest absolute Gasteiger partial charge is 0.362 e. The van der Waals surface area contributed by atoms with Crippen LogP contribution in [0.2, 0.25) is 0 Å². The van der Waals surface area contributed by atoms with Crippen molar-refractivity contribution in [2.75, 3.05) is 31.1 Å². The lowest BCUT2D eigenvalue weighted by Crippen LogP contribution is -2.48. The van der Waals surface area contributed by atoms with Crippen LogP contribution in [0.4, 0.5) is 11.4 Å². The number of aromatic nitrogens is 2. The number of hydrogen-bond donors (Lipinski definition) is 0. The molecule has 0 atom stereocenters. The lowest BCUT2D eigenvalue weighted by molar-refractivity contribution is -0.384. The van der Waals surface area contributed by atoms with Gasteiger partial charge in [-0.15, -0.1) is 0 Å². The van der Waals surface area contributed by atoms with Gasteiger partial charge in [-0.3, -0.25) is 19.9 Å². The number of fused-ring (bicyclic) bond motifs is 1. The lowest BCUT2D eigenvalue weighted by Gasteiger charge is -2.35. The van der Waals surface area contributed by atoms with E-state index in [4.69, 9.17) is 0 Å². The number of rotatable bonds is 4. The van der Waals surface area contributed by atoms with Crippen LogP contribution in [0.15, 0.2) is 60.8 Å². The van der Waals surface area contributed by atoms with Crippen molar-refractivity contribution in [3.05, 3.63) is 76.6 Å². The van der Waals surface area contributed by atoms with Crippen molar-refractivity contribution in [1.82, 2.24) is 14.9 Å². The molecule has 1 fully saturated rings. The second-order valence-corrected chi connectivity index (χ2v) is 6.68. The van der Waals surface area contributed by atoms with E-state index in [-0.39, 0.29) is 16.5 Å². The highest BCUT2D eigenvalue weighted by Crippen LogP contribution is 2.28. The average Bonchev–Trinajstić information content (AvgIpc) is 2.77. The predicted molar refractivity (Wildman–Crippen MR) is 110 cm³/mol. The zero-order valence-corrected chi connectivity index (χ0v) is 15.6. The molecule has 146 valence electrons. The number of piperazine rings is 1. The van der Waals surface area contributed by atoms with Crippen LogP contribution in [0.1, 0.15) is 5.69 Å². The average molecular weight is 389 g/mol. The fourth-order valence-corrected chi connectivity index (χ4v) is 3.37. The van der Waals surface area contributed by atoms with Crippen LogP contribution in [-0.4, -0.2) is 51.9 Å². The van der Waals surface area contributed by atoms with Gasteiger partial charge in [-0.2, -0.15) is 0 Å². The van der Waals surface area contributed by atoms with E-state index < -0.39 is 0 Å². The van der Waals surface area contributed by atoms with Gasteiger partial charge in [0, 0.05) is 38.3 Å². The minimum atomic E-state index is -0.375. The minimum Gasteiger partial charge on any atom is -0.362 e. The van der Waals surface area contributed by atoms with Crippen molar-refractivity contribution in [2.45, 2.75) is 0 Å². The quantitative estimate of drug-likeness (QED) is 0.387. The number of anilines is 1. The van der Waals surface area contributed by atoms with Gasteiger partial charge < -0.3 is 9.80 Å². The number of benzene rings is 2. The molecule has 0 unspecified atom stereocenters. The van der Waals surface area contributed by atoms with Crippen molar-refractivity contribution < 1.29 is 9.72 Å². The third-order valence-corrected chi connectivity index (χ3v) is 4.87. The normalized spacial score (nSPS) is 14.5. The maximum absolute atomic E-state index is 12.5. The molecule has 4 rings (SSSR count). The molecule has 1 saturated heterocycles. The molecule has 1 amide bonds. The Balaban J connectivity index is 1.40. The summed E-state index contributed by atoms with van der Waals surface area (Å²) in [6.07, 6.45) is 4.80. The first-order valence-electron chi connectivity index (χ1n) is 9.29. The number of carbonyl (C=O) groups excluding carboxylic acids is 1. The van der Waals surface area contributed by atoms with E-state index in [2.05, 4.69) is 9.97 Å². The van der Waals surface area contributed by atoms with Gasteiger partial charge in [-0.1, -0.05) is 24.3 Å². The Hall–Kier alpha value is -3.81. The first kappa shape index (κ1) is 18.5. The van der Waals surface area contributed by atoms with Gasteiger partial charge in [0.05, 0.1) is 27.8 Å². The molecule has 1 aromatic heterocycles. The van der Waals surface area contributed by atoms with Gasteiger partial charge in [-0.05, 0) is 24.3 Å². The number of amides is 1. The molecule has 1 aliphatic heterocycles. The van der Waals surface area contributed by atoms with Gasteiger partial charge in [0.2, 0.25) is 5.91 Å². The van der Waals surface area contributed by atoms with E-state index in [0.29, 0.717) is 37.6 Å². The highest BCUT2D eigenvalue weighted by Gasteiger charge is 2.24. The Morgan fingerprint density at radius 1 is 1.00 bits per heavy atom. The third-order valence-electron chi connectivity index (χ3n) is 4.87. The van der Waals surface area contributed by atoms with Crippen LogP contribution in [0.5, 0.6) is 0 Å². The number of nitro groups is 1. The molecule has 0 aliphatic carbocycles. The van der Waals surface area contributed by atoms with Crippen molar-refractivity contribution in [3.63, 3.8) is 0 Å². The molecule has 8 nitrogen and oxygen atoms in total. The Labute approximate surface area is 167 Å². The summed E-state index contributed by atoms with van der Waals surface area (Å²) in [7, 11) is 0. The molecule has 2 aromatic carbocycles. The molecular weight excluding hydrogens is 370 g/mol. The van der Waals surface area contributed by atoms with Crippen molar-refractivity contribution >= 4 is 34.4 Å². The molecule has 29 heavy (non-hydrogen) atoms. The van der Waals surface area contributed by atoms with Gasteiger partial charge >= 0.3 is 0 Å². The van der Waals surface area contributed by atoms with E-state index in [0.717, 1.165) is 11.0 Å². The molecule has 0 bridgehead atoms. The van der Waals surface area contributed by atoms with E-state index in [9.17, 15) is 14.9 Å². The van der Waals surface area contributed by atoms with Crippen LogP contribution in [0, 0.1) is 10.1 Å². The Morgan fingerprint density at radius 3 is 2.45 bits per heavy atom. The Bertz CT molecular complexity index is 1090. The van der Waals surface area contributed by atoms with Crippen molar-refractivity contribution in [1.29, 1.82) is 0 Å². The van der Waals surface area contributed by atoms with E-state index in [1.807, 2.05) is 29.2 Å². The van der Waals surface area contributed by atoms with Gasteiger partial charge in [0.25, 0.3) is 5.69 Å². The van der Waals surface area contributed by atoms with Crippen LogP contribution in [0.25, 0.3) is 17.1 Å². The Morgan fingerprint density at radius 2 is 1.69 bits per heavy atom. The molecule has 0 spiro atoms. The van der Waals surface area contributed by atoms with Crippen LogP contribution in [-0.2, 0) is 4.79 Å². The monoisotopic (exact) mass is 389 g/mol. The Kier molecular flexibility index (Phi) is 5.15. The molecule has 3 aromatic rings. The lowest BCUT2D eigenvalue weighted by atomic mass is 10.2. The van der Waals surface area contributed by atoms with E-state index in [1.54, 1.807) is 35.4 Å². The summed E-state index contributed by atoms with van der Waals surface area (Å²) in [6, 6.07) is 14.2. The molecule has 0 radical (unpaired) electrons. The zero-order valence-electron chi connectivity index (χ0n) is 15.6. The molecule has 0 saturated carbocycles. The highest BCUT2D eigenvalue weighted by molar-refractivity contribution is 5.92. The number of carbonyl (C=O) groups is 1. The zero-order chi connectivity index (χ0) is 20.2. The standard InChI is InChI=1S/C21H19N5O3/c27-21(10-9-16-15-22-17-5-1-2-6-18(17)23-16)25-13-11-24(12-14-25)19-7-3-4-8-20(19)26(28)29/h1-10,15H,11-14H2/b10-9+.